The van der Waals surface area contributed by atoms with Crippen LogP contribution in [0.2, 0.25) is 0 Å². The van der Waals surface area contributed by atoms with Gasteiger partial charge in [-0.15, -0.1) is 0 Å². The summed E-state index contributed by atoms with van der Waals surface area (Å²) in [6, 6.07) is 17.1. The lowest BCUT2D eigenvalue weighted by Crippen LogP contribution is -2.49. The number of hydrogen-bond acceptors (Lipinski definition) is 2. The fraction of sp³-hybridized carbons (Fsp3) is 0.333. The Balaban J connectivity index is 2.33. The summed E-state index contributed by atoms with van der Waals surface area (Å²) in [4.78, 5) is 27.1. The van der Waals surface area contributed by atoms with Crippen LogP contribution in [0.4, 0.5) is 0 Å². The van der Waals surface area contributed by atoms with Crippen molar-refractivity contribution < 1.29 is 9.59 Å². The summed E-state index contributed by atoms with van der Waals surface area (Å²) >= 11 is 3.47. The Hall–Kier alpha value is -2.14. The number of carbonyl (C=O) groups is 2. The van der Waals surface area contributed by atoms with Gasteiger partial charge in [-0.3, -0.25) is 9.59 Å². The van der Waals surface area contributed by atoms with E-state index in [4.69, 9.17) is 0 Å². The molecule has 1 unspecified atom stereocenters. The van der Waals surface area contributed by atoms with Crippen molar-refractivity contribution >= 4 is 27.7 Å². The minimum Gasteiger partial charge on any atom is -0.357 e. The number of nitrogens with zero attached hydrogens (tertiary/aromatic N) is 1. The van der Waals surface area contributed by atoms with Gasteiger partial charge in [0.1, 0.15) is 6.04 Å². The first-order chi connectivity index (χ1) is 12.5. The molecular weight excluding hydrogens is 392 g/mol. The number of amides is 2. The first-order valence-corrected chi connectivity index (χ1v) is 9.64. The zero-order valence-electron chi connectivity index (χ0n) is 15.2. The minimum absolute atomic E-state index is 0.00277. The zero-order valence-corrected chi connectivity index (χ0v) is 16.8. The van der Waals surface area contributed by atoms with Gasteiger partial charge in [-0.25, -0.2) is 0 Å². The Labute approximate surface area is 163 Å². The smallest absolute Gasteiger partial charge is 0.242 e. The lowest BCUT2D eigenvalue weighted by atomic mass is 10.0. The topological polar surface area (TPSA) is 49.4 Å². The summed E-state index contributed by atoms with van der Waals surface area (Å²) in [5.41, 5.74) is 2.02. The highest BCUT2D eigenvalue weighted by Crippen LogP contribution is 2.18. The van der Waals surface area contributed by atoms with Crippen LogP contribution >= 0.6 is 15.9 Å². The second kappa shape index (κ2) is 10.1. The Morgan fingerprint density at radius 1 is 1.08 bits per heavy atom. The van der Waals surface area contributed by atoms with Crippen molar-refractivity contribution in [2.45, 2.75) is 38.8 Å². The van der Waals surface area contributed by atoms with Crippen LogP contribution in [0.3, 0.4) is 0 Å². The average Bonchev–Trinajstić information content (AvgIpc) is 2.65. The molecule has 138 valence electrons. The fourth-order valence-corrected chi connectivity index (χ4v) is 3.36. The molecule has 4 nitrogen and oxygen atoms in total. The molecule has 5 heteroatoms. The molecule has 1 atom stereocenters. The molecule has 2 aromatic rings. The largest absolute Gasteiger partial charge is 0.357 e. The number of likely N-dealkylation sites (N-methyl/N-ethyl adjacent to an activating group) is 1. The highest BCUT2D eigenvalue weighted by molar-refractivity contribution is 9.10. The van der Waals surface area contributed by atoms with Gasteiger partial charge in [-0.1, -0.05) is 65.3 Å². The predicted octanol–water partition coefficient (Wildman–Crippen LogP) is 3.94. The molecule has 0 aliphatic heterocycles. The van der Waals surface area contributed by atoms with E-state index < -0.39 is 6.04 Å². The minimum atomic E-state index is -0.541. The van der Waals surface area contributed by atoms with Gasteiger partial charge in [-0.05, 0) is 29.7 Å². The Bertz CT molecular complexity index is 734. The SMILES string of the molecule is CCCC(=O)N(Cc1cccc(Br)c1)C(Cc1ccccc1)C(=O)NC. The van der Waals surface area contributed by atoms with Crippen LogP contribution in [-0.4, -0.2) is 29.8 Å². The van der Waals surface area contributed by atoms with Gasteiger partial charge in [0, 0.05) is 30.9 Å². The summed E-state index contributed by atoms with van der Waals surface area (Å²) in [7, 11) is 1.61. The Morgan fingerprint density at radius 3 is 2.38 bits per heavy atom. The van der Waals surface area contributed by atoms with Crippen molar-refractivity contribution in [1.29, 1.82) is 0 Å². The van der Waals surface area contributed by atoms with E-state index in [0.29, 0.717) is 19.4 Å². The average molecular weight is 417 g/mol. The molecule has 0 bridgehead atoms. The van der Waals surface area contributed by atoms with Crippen molar-refractivity contribution in [3.05, 3.63) is 70.2 Å². The molecule has 2 rings (SSSR count). The maximum absolute atomic E-state index is 12.8. The molecule has 0 heterocycles. The van der Waals surface area contributed by atoms with E-state index in [2.05, 4.69) is 21.2 Å². The van der Waals surface area contributed by atoms with Gasteiger partial charge >= 0.3 is 0 Å². The van der Waals surface area contributed by atoms with Gasteiger partial charge in [0.2, 0.25) is 11.8 Å². The predicted molar refractivity (Wildman–Crippen MR) is 108 cm³/mol. The second-order valence-electron chi connectivity index (χ2n) is 6.22. The first-order valence-electron chi connectivity index (χ1n) is 8.84. The molecule has 0 aliphatic rings. The molecule has 0 radical (unpaired) electrons. The van der Waals surface area contributed by atoms with E-state index in [0.717, 1.165) is 22.0 Å². The molecule has 0 aromatic heterocycles. The molecule has 0 aliphatic carbocycles. The Kier molecular flexibility index (Phi) is 7.85. The maximum atomic E-state index is 12.8. The molecule has 0 saturated heterocycles. The third kappa shape index (κ3) is 5.70. The van der Waals surface area contributed by atoms with Gasteiger partial charge in [0.15, 0.2) is 0 Å². The van der Waals surface area contributed by atoms with Crippen LogP contribution in [0.1, 0.15) is 30.9 Å². The van der Waals surface area contributed by atoms with Crippen LogP contribution < -0.4 is 5.32 Å². The van der Waals surface area contributed by atoms with E-state index in [1.54, 1.807) is 11.9 Å². The number of hydrogen-bond donors (Lipinski definition) is 1. The van der Waals surface area contributed by atoms with Crippen molar-refractivity contribution in [3.8, 4) is 0 Å². The summed E-state index contributed by atoms with van der Waals surface area (Å²) in [5.74, 6) is -0.148. The molecule has 0 fully saturated rings. The second-order valence-corrected chi connectivity index (χ2v) is 7.14. The summed E-state index contributed by atoms with van der Waals surface area (Å²) in [5, 5.41) is 2.72. The summed E-state index contributed by atoms with van der Waals surface area (Å²) in [6.45, 7) is 2.38. The number of carbonyl (C=O) groups excluding carboxylic acids is 2. The summed E-state index contributed by atoms with van der Waals surface area (Å²) in [6.07, 6.45) is 1.67. The normalized spacial score (nSPS) is 11.7. The van der Waals surface area contributed by atoms with E-state index in [9.17, 15) is 9.59 Å². The van der Waals surface area contributed by atoms with Crippen LogP contribution in [-0.2, 0) is 22.6 Å². The van der Waals surface area contributed by atoms with Gasteiger partial charge < -0.3 is 10.2 Å². The molecule has 2 aromatic carbocycles. The molecule has 1 N–H and O–H groups in total. The fourth-order valence-electron chi connectivity index (χ4n) is 2.91. The highest BCUT2D eigenvalue weighted by Gasteiger charge is 2.29. The first kappa shape index (κ1) is 20.2. The van der Waals surface area contributed by atoms with E-state index >= 15 is 0 Å². The lowest BCUT2D eigenvalue weighted by Gasteiger charge is -2.31. The molecule has 2 amide bonds. The van der Waals surface area contributed by atoms with Crippen molar-refractivity contribution in [2.75, 3.05) is 7.05 Å². The zero-order chi connectivity index (χ0) is 18.9. The van der Waals surface area contributed by atoms with Crippen LogP contribution in [0, 0.1) is 0 Å². The number of rotatable bonds is 8. The van der Waals surface area contributed by atoms with Crippen LogP contribution in [0.25, 0.3) is 0 Å². The van der Waals surface area contributed by atoms with E-state index in [-0.39, 0.29) is 11.8 Å². The quantitative estimate of drug-likeness (QED) is 0.708. The van der Waals surface area contributed by atoms with Gasteiger partial charge in [0.05, 0.1) is 0 Å². The van der Waals surface area contributed by atoms with Gasteiger partial charge in [0.25, 0.3) is 0 Å². The van der Waals surface area contributed by atoms with Crippen molar-refractivity contribution in [1.82, 2.24) is 10.2 Å². The maximum Gasteiger partial charge on any atom is 0.242 e. The molecule has 0 saturated carbocycles. The van der Waals surface area contributed by atoms with E-state index in [1.807, 2.05) is 61.5 Å². The third-order valence-corrected chi connectivity index (χ3v) is 4.72. The van der Waals surface area contributed by atoms with Crippen LogP contribution in [0.5, 0.6) is 0 Å². The number of nitrogens with one attached hydrogen (secondary N) is 1. The molecular formula is C21H25BrN2O2. The third-order valence-electron chi connectivity index (χ3n) is 4.22. The lowest BCUT2D eigenvalue weighted by molar-refractivity contribution is -0.141. The van der Waals surface area contributed by atoms with Crippen molar-refractivity contribution in [2.24, 2.45) is 0 Å². The standard InChI is InChI=1S/C21H25BrN2O2/c1-3-8-20(25)24(15-17-11-7-12-18(22)13-17)19(21(26)23-2)14-16-9-5-4-6-10-16/h4-7,9-13,19H,3,8,14-15H2,1-2H3,(H,23,26). The molecule has 26 heavy (non-hydrogen) atoms. The number of halogens is 1. The molecule has 0 spiro atoms. The van der Waals surface area contributed by atoms with Crippen molar-refractivity contribution in [3.63, 3.8) is 0 Å². The summed E-state index contributed by atoms with van der Waals surface area (Å²) < 4.78 is 0.956. The van der Waals surface area contributed by atoms with Crippen LogP contribution in [0.15, 0.2) is 59.1 Å². The highest BCUT2D eigenvalue weighted by atomic mass is 79.9. The number of benzene rings is 2. The van der Waals surface area contributed by atoms with E-state index in [1.165, 1.54) is 0 Å². The Morgan fingerprint density at radius 2 is 1.77 bits per heavy atom. The van der Waals surface area contributed by atoms with Gasteiger partial charge in [-0.2, -0.15) is 0 Å². The monoisotopic (exact) mass is 416 g/mol.